The summed E-state index contributed by atoms with van der Waals surface area (Å²) in [5.41, 5.74) is -0.408. The Kier molecular flexibility index (Phi) is 9.62. The normalized spacial score (nSPS) is 21.8. The number of alkyl carbamates (subject to hydrolysis) is 1. The molecule has 11 nitrogen and oxygen atoms in total. The van der Waals surface area contributed by atoms with Crippen LogP contribution in [0.5, 0.6) is 11.9 Å². The van der Waals surface area contributed by atoms with Gasteiger partial charge in [-0.05, 0) is 52.8 Å². The van der Waals surface area contributed by atoms with Crippen molar-refractivity contribution < 1.29 is 38.0 Å². The van der Waals surface area contributed by atoms with E-state index in [0.717, 1.165) is 0 Å². The zero-order valence-corrected chi connectivity index (χ0v) is 25.3. The lowest BCUT2D eigenvalue weighted by Crippen LogP contribution is -2.54. The summed E-state index contributed by atoms with van der Waals surface area (Å²) in [5, 5.41) is 14.3. The Balaban J connectivity index is 2.43. The zero-order valence-electron chi connectivity index (χ0n) is 24.3. The summed E-state index contributed by atoms with van der Waals surface area (Å²) in [5.74, 6) is -0.914. The molecule has 1 fully saturated rings. The van der Waals surface area contributed by atoms with Crippen LogP contribution in [0.3, 0.4) is 0 Å². The van der Waals surface area contributed by atoms with Crippen LogP contribution in [0.4, 0.5) is 4.79 Å². The van der Waals surface area contributed by atoms with Gasteiger partial charge in [0.15, 0.2) is 14.1 Å². The van der Waals surface area contributed by atoms with Crippen molar-refractivity contribution in [2.45, 2.75) is 109 Å². The quantitative estimate of drug-likeness (QED) is 0.441. The summed E-state index contributed by atoms with van der Waals surface area (Å²) in [6.07, 6.45) is -2.16. The number of methoxy groups -OCH3 is 2. The first-order valence-electron chi connectivity index (χ1n) is 12.4. The Morgan fingerprint density at radius 3 is 2.24 bits per heavy atom. The second-order valence-electron chi connectivity index (χ2n) is 12.2. The number of amides is 1. The van der Waals surface area contributed by atoms with E-state index in [9.17, 15) is 9.90 Å². The van der Waals surface area contributed by atoms with Gasteiger partial charge in [0.2, 0.25) is 5.88 Å². The molecule has 0 bridgehead atoms. The fourth-order valence-electron chi connectivity index (χ4n) is 3.57. The third-order valence-corrected chi connectivity index (χ3v) is 11.0. The average Bonchev–Trinajstić information content (AvgIpc) is 3.08. The highest BCUT2D eigenvalue weighted by atomic mass is 28.4. The van der Waals surface area contributed by atoms with Crippen molar-refractivity contribution in [1.82, 2.24) is 15.3 Å². The van der Waals surface area contributed by atoms with Gasteiger partial charge in [0.25, 0.3) is 0 Å². The van der Waals surface area contributed by atoms with E-state index in [1.165, 1.54) is 20.4 Å². The lowest BCUT2D eigenvalue weighted by molar-refractivity contribution is -0.157. The number of aliphatic hydroxyl groups is 1. The van der Waals surface area contributed by atoms with Crippen LogP contribution < -0.4 is 14.8 Å². The van der Waals surface area contributed by atoms with Crippen LogP contribution in [-0.4, -0.2) is 79.9 Å². The van der Waals surface area contributed by atoms with E-state index in [1.807, 2.05) is 0 Å². The molecule has 1 aromatic rings. The molecule has 1 aromatic heterocycles. The van der Waals surface area contributed by atoms with Crippen LogP contribution in [0, 0.1) is 0 Å². The molecule has 2 N–H and O–H groups in total. The fraction of sp³-hybridized carbons (Fsp3) is 0.800. The molecule has 1 saturated heterocycles. The van der Waals surface area contributed by atoms with Gasteiger partial charge in [0.05, 0.1) is 32.4 Å². The molecule has 1 aliphatic rings. The van der Waals surface area contributed by atoms with Crippen LogP contribution in [-0.2, 0) is 18.6 Å². The van der Waals surface area contributed by atoms with Crippen LogP contribution >= 0.6 is 0 Å². The van der Waals surface area contributed by atoms with Gasteiger partial charge in [-0.3, -0.25) is 0 Å². The maximum absolute atomic E-state index is 12.8. The highest BCUT2D eigenvalue weighted by molar-refractivity contribution is 6.74. The van der Waals surface area contributed by atoms with Gasteiger partial charge in [-0.2, -0.15) is 4.98 Å². The van der Waals surface area contributed by atoms with Crippen LogP contribution in [0.2, 0.25) is 18.1 Å². The van der Waals surface area contributed by atoms with Crippen molar-refractivity contribution in [3.63, 3.8) is 0 Å². The standard InChI is InChI=1S/C25H45N3O8Si/c1-23(2,3)36-22(30)27-16(14-33-37(11,12)24(4,5)6)18-19(35-25(7,8)34-18)17(29)15-13-26-21(32-10)28-20(15)31-9/h13,16-19,29H,14H2,1-12H3,(H,27,30)/t16-,17?,18-,19+/m1/s1. The lowest BCUT2D eigenvalue weighted by atomic mass is 9.97. The lowest BCUT2D eigenvalue weighted by Gasteiger charge is -2.38. The number of hydrogen-bond acceptors (Lipinski definition) is 10. The van der Waals surface area contributed by atoms with Crippen molar-refractivity contribution in [2.75, 3.05) is 20.8 Å². The highest BCUT2D eigenvalue weighted by Gasteiger charge is 2.51. The average molecular weight is 544 g/mol. The SMILES string of the molecule is COc1ncc(C(O)[C@@H]2OC(C)(C)O[C@@H]2[C@@H](CO[Si](C)(C)C(C)(C)C)NC(=O)OC(C)(C)C)c(OC)n1. The number of carbonyl (C=O) groups is 1. The minimum absolute atomic E-state index is 0.0531. The van der Waals surface area contributed by atoms with E-state index in [4.69, 9.17) is 28.1 Å². The number of rotatable bonds is 9. The van der Waals surface area contributed by atoms with Gasteiger partial charge in [0, 0.05) is 6.20 Å². The topological polar surface area (TPSA) is 130 Å². The van der Waals surface area contributed by atoms with Crippen LogP contribution in [0.1, 0.15) is 67.1 Å². The summed E-state index contributed by atoms with van der Waals surface area (Å²) in [7, 11) is 0.678. The fourth-order valence-corrected chi connectivity index (χ4v) is 4.60. The van der Waals surface area contributed by atoms with Gasteiger partial charge in [-0.25, -0.2) is 9.78 Å². The predicted octanol–water partition coefficient (Wildman–Crippen LogP) is 3.96. The van der Waals surface area contributed by atoms with Crippen LogP contribution in [0.25, 0.3) is 0 Å². The van der Waals surface area contributed by atoms with Crippen molar-refractivity contribution in [3.8, 4) is 11.9 Å². The monoisotopic (exact) mass is 543 g/mol. The molecular weight excluding hydrogens is 498 g/mol. The Bertz CT molecular complexity index is 929. The van der Waals surface area contributed by atoms with Crippen molar-refractivity contribution in [2.24, 2.45) is 0 Å². The summed E-state index contributed by atoms with van der Waals surface area (Å²) in [6, 6.07) is -0.601. The molecule has 2 rings (SSSR count). The minimum atomic E-state index is -2.20. The molecular formula is C25H45N3O8Si. The van der Waals surface area contributed by atoms with E-state index < -0.39 is 50.2 Å². The first kappa shape index (κ1) is 31.2. The third kappa shape index (κ3) is 8.24. The molecule has 0 aromatic carbocycles. The Labute approximate surface area is 221 Å². The molecule has 1 aliphatic heterocycles. The Morgan fingerprint density at radius 2 is 1.73 bits per heavy atom. The zero-order chi connectivity index (χ0) is 28.4. The van der Waals surface area contributed by atoms with Gasteiger partial charge in [0.1, 0.15) is 23.9 Å². The molecule has 0 saturated carbocycles. The smallest absolute Gasteiger partial charge is 0.408 e. The number of aromatic nitrogens is 2. The minimum Gasteiger partial charge on any atom is -0.481 e. The molecule has 12 heteroatoms. The third-order valence-electron chi connectivity index (χ3n) is 6.46. The Morgan fingerprint density at radius 1 is 1.14 bits per heavy atom. The van der Waals surface area contributed by atoms with Gasteiger partial charge in [-0.15, -0.1) is 0 Å². The van der Waals surface area contributed by atoms with Gasteiger partial charge in [-0.1, -0.05) is 20.8 Å². The second kappa shape index (κ2) is 11.4. The van der Waals surface area contributed by atoms with Gasteiger partial charge < -0.3 is 38.5 Å². The first-order valence-corrected chi connectivity index (χ1v) is 15.3. The van der Waals surface area contributed by atoms with Crippen molar-refractivity contribution in [1.29, 1.82) is 0 Å². The van der Waals surface area contributed by atoms with Crippen LogP contribution in [0.15, 0.2) is 6.20 Å². The van der Waals surface area contributed by atoms with E-state index in [1.54, 1.807) is 34.6 Å². The summed E-state index contributed by atoms with van der Waals surface area (Å²) < 4.78 is 34.8. The molecule has 4 atom stereocenters. The molecule has 212 valence electrons. The number of hydrogen-bond donors (Lipinski definition) is 2. The molecule has 2 heterocycles. The Hall–Kier alpha value is -1.99. The molecule has 37 heavy (non-hydrogen) atoms. The molecule has 1 amide bonds. The largest absolute Gasteiger partial charge is 0.481 e. The molecule has 1 unspecified atom stereocenters. The number of ether oxygens (including phenoxy) is 5. The summed E-state index contributed by atoms with van der Waals surface area (Å²) in [6.45, 7) is 19.6. The number of nitrogens with one attached hydrogen (secondary N) is 1. The van der Waals surface area contributed by atoms with E-state index >= 15 is 0 Å². The van der Waals surface area contributed by atoms with E-state index in [0.29, 0.717) is 5.56 Å². The number of nitrogens with zero attached hydrogens (tertiary/aromatic N) is 2. The molecule has 0 aliphatic carbocycles. The van der Waals surface area contributed by atoms with Crippen molar-refractivity contribution >= 4 is 14.4 Å². The first-order chi connectivity index (χ1) is 16.8. The maximum Gasteiger partial charge on any atom is 0.408 e. The van der Waals surface area contributed by atoms with E-state index in [-0.39, 0.29) is 23.5 Å². The highest BCUT2D eigenvalue weighted by Crippen LogP contribution is 2.40. The predicted molar refractivity (Wildman–Crippen MR) is 140 cm³/mol. The summed E-state index contributed by atoms with van der Waals surface area (Å²) >= 11 is 0. The second-order valence-corrected chi connectivity index (χ2v) is 17.0. The number of carbonyl (C=O) groups excluding carboxylic acids is 1. The van der Waals surface area contributed by atoms with Crippen molar-refractivity contribution in [3.05, 3.63) is 11.8 Å². The van der Waals surface area contributed by atoms with Gasteiger partial charge >= 0.3 is 12.1 Å². The molecule has 0 radical (unpaired) electrons. The summed E-state index contributed by atoms with van der Waals surface area (Å²) in [4.78, 5) is 21.1. The van der Waals surface area contributed by atoms with E-state index in [2.05, 4.69) is 49.1 Å². The maximum atomic E-state index is 12.8. The number of aliphatic hydroxyl groups excluding tert-OH is 1. The molecule has 0 spiro atoms.